The average Bonchev–Trinajstić information content (AvgIpc) is 3.51. The summed E-state index contributed by atoms with van der Waals surface area (Å²) in [4.78, 5) is 71.1. The Balaban J connectivity index is 1.42. The summed E-state index contributed by atoms with van der Waals surface area (Å²) >= 11 is 3.48. The molecule has 5 heterocycles. The third-order valence-electron chi connectivity index (χ3n) is 5.85. The Labute approximate surface area is 225 Å². The van der Waals surface area contributed by atoms with Gasteiger partial charge in [0.2, 0.25) is 6.29 Å². The first-order chi connectivity index (χ1) is 18.1. The van der Waals surface area contributed by atoms with Gasteiger partial charge in [-0.05, 0) is 18.6 Å². The molecule has 0 aromatic carbocycles. The van der Waals surface area contributed by atoms with Crippen LogP contribution in [0.1, 0.15) is 16.1 Å². The predicted molar refractivity (Wildman–Crippen MR) is 137 cm³/mol. The number of carboxylic acid groups (broad SMARTS) is 2. The van der Waals surface area contributed by atoms with Crippen LogP contribution in [0.15, 0.2) is 33.9 Å². The number of thioether (sulfide) groups is 2. The zero-order chi connectivity index (χ0) is 27.3. The van der Waals surface area contributed by atoms with Crippen molar-refractivity contribution in [3.8, 4) is 0 Å². The highest BCUT2D eigenvalue weighted by molar-refractivity contribution is 8.01. The molecule has 14 nitrogen and oxygen atoms in total. The van der Waals surface area contributed by atoms with E-state index in [0.29, 0.717) is 16.3 Å². The summed E-state index contributed by atoms with van der Waals surface area (Å²) in [6.07, 6.45) is 1.27. The van der Waals surface area contributed by atoms with E-state index in [1.807, 2.05) is 0 Å². The van der Waals surface area contributed by atoms with Crippen LogP contribution in [0.4, 0.5) is 10.9 Å². The number of aldehydes is 1. The van der Waals surface area contributed by atoms with Crippen LogP contribution < -0.4 is 10.6 Å². The van der Waals surface area contributed by atoms with Gasteiger partial charge in [0.15, 0.2) is 10.8 Å². The van der Waals surface area contributed by atoms with Crippen LogP contribution in [0.2, 0.25) is 0 Å². The molecule has 38 heavy (non-hydrogen) atoms. The van der Waals surface area contributed by atoms with E-state index in [1.165, 1.54) is 39.6 Å². The fraction of sp³-hybridized carbons (Fsp3) is 0.238. The van der Waals surface area contributed by atoms with Gasteiger partial charge in [0.1, 0.15) is 33.5 Å². The standard InChI is InChI=1S/C21H17N7O7S3/c1-8-2-12(25-16-10(19(32)33)3-23-28(8)16)36-5-9-6-37-18-15(17(31)27(18)14(9)20(34)35)26(13(30)4-29)11-7-38-21(22)24-11/h2-4,7,15,18H,5-6H2,1H3,(H2,22,24)(H,32,33)(H,34,35)/t15-,18-/m1/s1. The number of fused-ring (bicyclic) bond motifs is 2. The second-order valence-electron chi connectivity index (χ2n) is 8.11. The second kappa shape index (κ2) is 9.73. The van der Waals surface area contributed by atoms with E-state index in [1.54, 1.807) is 13.0 Å². The number of carbonyl (C=O) groups is 5. The maximum absolute atomic E-state index is 13.2. The van der Waals surface area contributed by atoms with Gasteiger partial charge < -0.3 is 15.9 Å². The van der Waals surface area contributed by atoms with Crippen molar-refractivity contribution in [3.05, 3.63) is 40.2 Å². The van der Waals surface area contributed by atoms with Crippen molar-refractivity contribution in [1.82, 2.24) is 24.5 Å². The van der Waals surface area contributed by atoms with Gasteiger partial charge in [0, 0.05) is 22.6 Å². The molecular formula is C21H17N7O7S3. The van der Waals surface area contributed by atoms with Crippen molar-refractivity contribution in [2.24, 2.45) is 0 Å². The van der Waals surface area contributed by atoms with Gasteiger partial charge in [0.05, 0.1) is 6.20 Å². The van der Waals surface area contributed by atoms with Gasteiger partial charge >= 0.3 is 11.9 Å². The third kappa shape index (κ3) is 4.17. The molecule has 3 aromatic heterocycles. The number of aromatic nitrogens is 4. The van der Waals surface area contributed by atoms with Crippen LogP contribution in [-0.4, -0.2) is 87.7 Å². The number of thiazole rings is 1. The summed E-state index contributed by atoms with van der Waals surface area (Å²) < 4.78 is 1.40. The van der Waals surface area contributed by atoms with Gasteiger partial charge in [-0.1, -0.05) is 0 Å². The summed E-state index contributed by atoms with van der Waals surface area (Å²) in [5.41, 5.74) is 6.64. The van der Waals surface area contributed by atoms with Crippen LogP contribution in [0.5, 0.6) is 0 Å². The fourth-order valence-electron chi connectivity index (χ4n) is 4.19. The second-order valence-corrected chi connectivity index (χ2v) is 11.1. The van der Waals surface area contributed by atoms with Gasteiger partial charge in [-0.15, -0.1) is 34.9 Å². The fourth-order valence-corrected chi connectivity index (χ4v) is 7.21. The van der Waals surface area contributed by atoms with Crippen molar-refractivity contribution in [2.75, 3.05) is 22.1 Å². The molecule has 1 fully saturated rings. The third-order valence-corrected chi connectivity index (χ3v) is 8.83. The highest BCUT2D eigenvalue weighted by Crippen LogP contribution is 2.44. The van der Waals surface area contributed by atoms with Crippen LogP contribution in [0, 0.1) is 6.92 Å². The van der Waals surface area contributed by atoms with E-state index < -0.39 is 35.2 Å². The number of aromatic carboxylic acids is 1. The minimum absolute atomic E-state index is 0.0443. The highest BCUT2D eigenvalue weighted by atomic mass is 32.2. The molecule has 1 saturated heterocycles. The Morgan fingerprint density at radius 1 is 1.29 bits per heavy atom. The first-order valence-corrected chi connectivity index (χ1v) is 13.6. The number of nitrogens with two attached hydrogens (primary N) is 1. The lowest BCUT2D eigenvalue weighted by Crippen LogP contribution is -2.72. The minimum atomic E-state index is -1.31. The summed E-state index contributed by atoms with van der Waals surface area (Å²) in [5.74, 6) is -3.70. The molecule has 0 unspecified atom stereocenters. The number of nitrogens with zero attached hydrogens (tertiary/aromatic N) is 6. The number of aliphatic carboxylic acids is 1. The number of nitrogen functional groups attached to an aromatic ring is 1. The number of carbonyl (C=O) groups excluding carboxylic acids is 3. The lowest BCUT2D eigenvalue weighted by atomic mass is 10.0. The van der Waals surface area contributed by atoms with E-state index in [2.05, 4.69) is 15.1 Å². The summed E-state index contributed by atoms with van der Waals surface area (Å²) in [5, 5.41) is 24.7. The molecule has 4 N–H and O–H groups in total. The molecule has 0 bridgehead atoms. The lowest BCUT2D eigenvalue weighted by Gasteiger charge is -2.52. The molecule has 2 atom stereocenters. The highest BCUT2D eigenvalue weighted by Gasteiger charge is 2.57. The maximum Gasteiger partial charge on any atom is 0.352 e. The van der Waals surface area contributed by atoms with Crippen molar-refractivity contribution < 1.29 is 34.2 Å². The molecule has 2 aliphatic rings. The molecule has 0 aliphatic carbocycles. The molecule has 17 heteroatoms. The largest absolute Gasteiger partial charge is 0.477 e. The Hall–Kier alpha value is -3.96. The maximum atomic E-state index is 13.2. The van der Waals surface area contributed by atoms with E-state index in [4.69, 9.17) is 5.73 Å². The van der Waals surface area contributed by atoms with Crippen LogP contribution in [0.25, 0.3) is 5.65 Å². The van der Waals surface area contributed by atoms with E-state index >= 15 is 0 Å². The van der Waals surface area contributed by atoms with Crippen molar-refractivity contribution >= 4 is 81.5 Å². The molecule has 0 radical (unpaired) electrons. The molecular weight excluding hydrogens is 558 g/mol. The summed E-state index contributed by atoms with van der Waals surface area (Å²) in [6.45, 7) is 1.74. The van der Waals surface area contributed by atoms with Crippen molar-refractivity contribution in [3.63, 3.8) is 0 Å². The number of hydrogen-bond donors (Lipinski definition) is 3. The normalized spacial score (nSPS) is 18.8. The number of aryl methyl sites for hydroxylation is 1. The van der Waals surface area contributed by atoms with Crippen LogP contribution in [0.3, 0.4) is 0 Å². The Kier molecular flexibility index (Phi) is 6.58. The number of β-lactam (4-membered cyclic amide) rings is 1. The summed E-state index contributed by atoms with van der Waals surface area (Å²) in [7, 11) is 0. The van der Waals surface area contributed by atoms with Gasteiger partial charge in [0.25, 0.3) is 11.8 Å². The SMILES string of the molecule is Cc1cc(SCC2=C(C(=O)O)N3C(=O)[C@@H](N(C(=O)C=O)c4csc(N)n4)[C@H]3SC2)nc2c(C(=O)O)cnn12. The zero-order valence-corrected chi connectivity index (χ0v) is 21.7. The molecule has 5 rings (SSSR count). The Bertz CT molecular complexity index is 1570. The van der Waals surface area contributed by atoms with E-state index in [9.17, 15) is 34.2 Å². The Morgan fingerprint density at radius 2 is 2.05 bits per heavy atom. The first-order valence-electron chi connectivity index (χ1n) is 10.7. The quantitative estimate of drug-likeness (QED) is 0.112. The van der Waals surface area contributed by atoms with Crippen molar-refractivity contribution in [1.29, 1.82) is 0 Å². The molecule has 0 saturated carbocycles. The van der Waals surface area contributed by atoms with Crippen LogP contribution >= 0.6 is 34.9 Å². The number of carboxylic acids is 2. The molecule has 2 amide bonds. The number of amides is 2. The summed E-state index contributed by atoms with van der Waals surface area (Å²) in [6, 6.07) is 0.578. The first kappa shape index (κ1) is 25.7. The van der Waals surface area contributed by atoms with Crippen molar-refractivity contribution in [2.45, 2.75) is 23.4 Å². The molecule has 3 aromatic rings. The predicted octanol–water partition coefficient (Wildman–Crippen LogP) is 0.721. The van der Waals surface area contributed by atoms with E-state index in [0.717, 1.165) is 21.1 Å². The van der Waals surface area contributed by atoms with Gasteiger partial charge in [-0.3, -0.25) is 24.2 Å². The monoisotopic (exact) mass is 575 g/mol. The number of anilines is 2. The van der Waals surface area contributed by atoms with Crippen LogP contribution in [-0.2, 0) is 19.2 Å². The van der Waals surface area contributed by atoms with Gasteiger partial charge in [-0.25, -0.2) is 24.1 Å². The van der Waals surface area contributed by atoms with E-state index in [-0.39, 0.29) is 45.6 Å². The Morgan fingerprint density at radius 3 is 2.68 bits per heavy atom. The zero-order valence-electron chi connectivity index (χ0n) is 19.3. The van der Waals surface area contributed by atoms with Gasteiger partial charge in [-0.2, -0.15) is 5.10 Å². The molecule has 2 aliphatic heterocycles. The molecule has 0 spiro atoms. The lowest BCUT2D eigenvalue weighted by molar-refractivity contribution is -0.149. The average molecular weight is 576 g/mol. The molecule has 196 valence electrons. The smallest absolute Gasteiger partial charge is 0.352 e. The number of rotatable bonds is 8. The number of hydrogen-bond acceptors (Lipinski definition) is 12. The minimum Gasteiger partial charge on any atom is -0.477 e. The topological polar surface area (TPSA) is 201 Å².